The Labute approximate surface area is 64.0 Å². The second-order valence-corrected chi connectivity index (χ2v) is 3.61. The molecule has 10 heavy (non-hydrogen) atoms. The number of rotatable bonds is 4. The van der Waals surface area contributed by atoms with Gasteiger partial charge in [0.25, 0.3) is 0 Å². The molecule has 1 saturated carbocycles. The van der Waals surface area contributed by atoms with Gasteiger partial charge in [-0.25, -0.2) is 0 Å². The van der Waals surface area contributed by atoms with Crippen molar-refractivity contribution in [1.82, 2.24) is 0 Å². The zero-order valence-corrected chi connectivity index (χ0v) is 7.19. The summed E-state index contributed by atoms with van der Waals surface area (Å²) in [5, 5.41) is 0. The molecule has 0 heterocycles. The van der Waals surface area contributed by atoms with E-state index < -0.39 is 0 Å². The Hall–Kier alpha value is -0.0400. The predicted octanol–water partition coefficient (Wildman–Crippen LogP) is 2.30. The normalized spacial score (nSPS) is 24.3. The second-order valence-electron chi connectivity index (χ2n) is 3.61. The van der Waals surface area contributed by atoms with E-state index in [-0.39, 0.29) is 0 Å². The highest BCUT2D eigenvalue weighted by atomic mass is 14.7. The lowest BCUT2D eigenvalue weighted by Crippen LogP contribution is -2.30. The summed E-state index contributed by atoms with van der Waals surface area (Å²) in [6.07, 6.45) is 6.50. The van der Waals surface area contributed by atoms with Gasteiger partial charge in [-0.2, -0.15) is 0 Å². The van der Waals surface area contributed by atoms with E-state index in [9.17, 15) is 0 Å². The van der Waals surface area contributed by atoms with E-state index in [4.69, 9.17) is 5.73 Å². The van der Waals surface area contributed by atoms with Gasteiger partial charge in [0.15, 0.2) is 0 Å². The van der Waals surface area contributed by atoms with E-state index in [1.807, 2.05) is 0 Å². The van der Waals surface area contributed by atoms with E-state index >= 15 is 0 Å². The molecule has 0 amide bonds. The van der Waals surface area contributed by atoms with Gasteiger partial charge in [-0.15, -0.1) is 0 Å². The summed E-state index contributed by atoms with van der Waals surface area (Å²) in [5.41, 5.74) is 6.61. The summed E-state index contributed by atoms with van der Waals surface area (Å²) in [6, 6.07) is 0.488. The molecule has 1 rings (SSSR count). The van der Waals surface area contributed by atoms with Gasteiger partial charge >= 0.3 is 0 Å². The summed E-state index contributed by atoms with van der Waals surface area (Å²) in [6.45, 7) is 4.48. The summed E-state index contributed by atoms with van der Waals surface area (Å²) < 4.78 is 0. The first-order valence-corrected chi connectivity index (χ1v) is 4.51. The molecular formula is C9H19N. The van der Waals surface area contributed by atoms with Crippen LogP contribution in [0.4, 0.5) is 0 Å². The first kappa shape index (κ1) is 8.06. The fourth-order valence-electron chi connectivity index (χ4n) is 1.76. The Kier molecular flexibility index (Phi) is 2.35. The van der Waals surface area contributed by atoms with Gasteiger partial charge in [-0.3, -0.25) is 0 Å². The van der Waals surface area contributed by atoms with E-state index in [1.54, 1.807) is 0 Å². The quantitative estimate of drug-likeness (QED) is 0.638. The Morgan fingerprint density at radius 1 is 1.40 bits per heavy atom. The van der Waals surface area contributed by atoms with Crippen molar-refractivity contribution in [3.63, 3.8) is 0 Å². The van der Waals surface area contributed by atoms with Crippen molar-refractivity contribution in [2.24, 2.45) is 11.1 Å². The van der Waals surface area contributed by atoms with Gasteiger partial charge in [0, 0.05) is 6.04 Å². The summed E-state index contributed by atoms with van der Waals surface area (Å²) in [5.74, 6) is 0. The van der Waals surface area contributed by atoms with Crippen molar-refractivity contribution < 1.29 is 0 Å². The van der Waals surface area contributed by atoms with Crippen LogP contribution >= 0.6 is 0 Å². The zero-order valence-electron chi connectivity index (χ0n) is 7.19. The predicted molar refractivity (Wildman–Crippen MR) is 44.8 cm³/mol. The topological polar surface area (TPSA) is 26.0 Å². The van der Waals surface area contributed by atoms with Gasteiger partial charge < -0.3 is 5.73 Å². The third-order valence-corrected chi connectivity index (χ3v) is 2.98. The minimum absolute atomic E-state index is 0.488. The average Bonchev–Trinajstić information content (AvgIpc) is 2.68. The molecule has 1 heteroatoms. The van der Waals surface area contributed by atoms with Crippen molar-refractivity contribution in [1.29, 1.82) is 0 Å². The monoisotopic (exact) mass is 141 g/mol. The van der Waals surface area contributed by atoms with Crippen LogP contribution in [0.1, 0.15) is 46.0 Å². The molecule has 0 spiro atoms. The molecule has 0 aromatic rings. The van der Waals surface area contributed by atoms with Crippen LogP contribution in [0.3, 0.4) is 0 Å². The fourth-order valence-corrected chi connectivity index (χ4v) is 1.76. The minimum Gasteiger partial charge on any atom is -0.327 e. The third kappa shape index (κ3) is 1.34. The summed E-state index contributed by atoms with van der Waals surface area (Å²) in [4.78, 5) is 0. The van der Waals surface area contributed by atoms with Crippen LogP contribution in [-0.4, -0.2) is 6.04 Å². The van der Waals surface area contributed by atoms with Crippen molar-refractivity contribution in [3.8, 4) is 0 Å². The largest absolute Gasteiger partial charge is 0.327 e. The van der Waals surface area contributed by atoms with Crippen molar-refractivity contribution in [2.75, 3.05) is 0 Å². The maximum absolute atomic E-state index is 6.04. The molecule has 0 radical (unpaired) electrons. The van der Waals surface area contributed by atoms with Crippen LogP contribution in [0.5, 0.6) is 0 Å². The minimum atomic E-state index is 0.488. The van der Waals surface area contributed by atoms with Gasteiger partial charge in [0.2, 0.25) is 0 Å². The Balaban J connectivity index is 2.32. The van der Waals surface area contributed by atoms with Gasteiger partial charge in [-0.05, 0) is 31.1 Å². The van der Waals surface area contributed by atoms with Crippen molar-refractivity contribution >= 4 is 0 Å². The molecule has 2 N–H and O–H groups in total. The summed E-state index contributed by atoms with van der Waals surface area (Å²) in [7, 11) is 0. The molecule has 1 atom stereocenters. The molecule has 1 nitrogen and oxygen atoms in total. The second kappa shape index (κ2) is 2.91. The van der Waals surface area contributed by atoms with Gasteiger partial charge in [-0.1, -0.05) is 20.3 Å². The number of hydrogen-bond acceptors (Lipinski definition) is 1. The molecule has 0 aromatic heterocycles. The summed E-state index contributed by atoms with van der Waals surface area (Å²) >= 11 is 0. The lowest BCUT2D eigenvalue weighted by atomic mass is 9.91. The Bertz CT molecular complexity index is 105. The van der Waals surface area contributed by atoms with Crippen molar-refractivity contribution in [3.05, 3.63) is 0 Å². The molecule has 0 bridgehead atoms. The van der Waals surface area contributed by atoms with Crippen LogP contribution in [0.25, 0.3) is 0 Å². The van der Waals surface area contributed by atoms with Crippen LogP contribution in [0.2, 0.25) is 0 Å². The van der Waals surface area contributed by atoms with Crippen LogP contribution in [0, 0.1) is 5.41 Å². The smallest absolute Gasteiger partial charge is 0.00953 e. The van der Waals surface area contributed by atoms with Crippen LogP contribution < -0.4 is 5.73 Å². The van der Waals surface area contributed by atoms with Crippen molar-refractivity contribution in [2.45, 2.75) is 52.0 Å². The first-order chi connectivity index (χ1) is 4.75. The third-order valence-electron chi connectivity index (χ3n) is 2.98. The molecule has 1 unspecified atom stereocenters. The maximum Gasteiger partial charge on any atom is 0.00953 e. The Morgan fingerprint density at radius 3 is 2.30 bits per heavy atom. The molecule has 60 valence electrons. The maximum atomic E-state index is 6.04. The van der Waals surface area contributed by atoms with Crippen LogP contribution in [-0.2, 0) is 0 Å². The number of hydrogen-bond donors (Lipinski definition) is 1. The fraction of sp³-hybridized carbons (Fsp3) is 1.00. The molecule has 1 aliphatic rings. The molecule has 1 aliphatic carbocycles. The highest BCUT2D eigenvalue weighted by molar-refractivity contribution is 4.99. The van der Waals surface area contributed by atoms with Crippen LogP contribution in [0.15, 0.2) is 0 Å². The molecule has 0 aliphatic heterocycles. The van der Waals surface area contributed by atoms with Gasteiger partial charge in [0.05, 0.1) is 0 Å². The van der Waals surface area contributed by atoms with Gasteiger partial charge in [0.1, 0.15) is 0 Å². The van der Waals surface area contributed by atoms with E-state index in [0.29, 0.717) is 11.5 Å². The molecule has 0 saturated heterocycles. The first-order valence-electron chi connectivity index (χ1n) is 4.51. The average molecular weight is 141 g/mol. The molecule has 1 fully saturated rings. The Morgan fingerprint density at radius 2 is 2.00 bits per heavy atom. The molecule has 0 aromatic carbocycles. The molecular weight excluding hydrogens is 122 g/mol. The lowest BCUT2D eigenvalue weighted by molar-refractivity contribution is 0.363. The number of nitrogens with two attached hydrogens (primary N) is 1. The highest BCUT2D eigenvalue weighted by Gasteiger charge is 2.45. The highest BCUT2D eigenvalue weighted by Crippen LogP contribution is 2.51. The zero-order chi connectivity index (χ0) is 7.61. The van der Waals surface area contributed by atoms with E-state index in [1.165, 1.54) is 32.1 Å². The lowest BCUT2D eigenvalue weighted by Gasteiger charge is -2.20. The van der Waals surface area contributed by atoms with E-state index in [2.05, 4.69) is 13.8 Å². The SMILES string of the molecule is CCCC(N)C1(CC)CC1. The van der Waals surface area contributed by atoms with E-state index in [0.717, 1.165) is 0 Å². The standard InChI is InChI=1S/C9H19N/c1-3-5-8(10)9(4-2)6-7-9/h8H,3-7,10H2,1-2H3.